The van der Waals surface area contributed by atoms with Crippen molar-refractivity contribution < 1.29 is 14.6 Å². The molecule has 5 nitrogen and oxygen atoms in total. The molecule has 42 heavy (non-hydrogen) atoms. The number of carbonyl (C=O) groups is 1. The Labute approximate surface area is 255 Å². The molecule has 3 aromatic rings. The third-order valence-electron chi connectivity index (χ3n) is 10.5. The van der Waals surface area contributed by atoms with Gasteiger partial charge in [0.25, 0.3) is 0 Å². The molecule has 1 saturated carbocycles. The minimum absolute atomic E-state index is 0.0131. The van der Waals surface area contributed by atoms with Crippen LogP contribution in [0.15, 0.2) is 54.7 Å². The maximum atomic E-state index is 12.8. The van der Waals surface area contributed by atoms with Crippen molar-refractivity contribution in [2.24, 2.45) is 11.8 Å². The van der Waals surface area contributed by atoms with Crippen molar-refractivity contribution in [3.05, 3.63) is 87.7 Å². The molecule has 1 fully saturated rings. The summed E-state index contributed by atoms with van der Waals surface area (Å²) in [4.78, 5) is 17.4. The predicted octanol–water partition coefficient (Wildman–Crippen LogP) is 8.51. The number of halogens is 1. The molecule has 3 atom stereocenters. The van der Waals surface area contributed by atoms with Crippen LogP contribution in [0.25, 0.3) is 0 Å². The second-order valence-corrected chi connectivity index (χ2v) is 13.7. The Kier molecular flexibility index (Phi) is 7.99. The zero-order valence-electron chi connectivity index (χ0n) is 25.1. The van der Waals surface area contributed by atoms with E-state index in [1.54, 1.807) is 0 Å². The first-order valence-electron chi connectivity index (χ1n) is 15.7. The number of nitrogens with one attached hydrogen (secondary N) is 1. The van der Waals surface area contributed by atoms with Gasteiger partial charge in [0.15, 0.2) is 0 Å². The highest BCUT2D eigenvalue weighted by molar-refractivity contribution is 6.31. The average Bonchev–Trinajstić information content (AvgIpc) is 3.27. The molecule has 3 aliphatic carbocycles. The van der Waals surface area contributed by atoms with Crippen molar-refractivity contribution in [3.63, 3.8) is 0 Å². The molecule has 3 aliphatic rings. The van der Waals surface area contributed by atoms with Crippen molar-refractivity contribution in [1.82, 2.24) is 4.98 Å². The molecule has 0 saturated heterocycles. The average molecular weight is 587 g/mol. The molecule has 1 heterocycles. The molecular weight excluding hydrogens is 544 g/mol. The van der Waals surface area contributed by atoms with Gasteiger partial charge < -0.3 is 15.2 Å². The van der Waals surface area contributed by atoms with E-state index >= 15 is 0 Å². The number of pyridine rings is 1. The molecule has 2 aromatic carbocycles. The molecule has 6 rings (SSSR count). The smallest absolute Gasteiger partial charge is 0.329 e. The molecule has 0 bridgehead atoms. The first kappa shape index (κ1) is 29.0. The largest absolute Gasteiger partial charge is 0.493 e. The van der Waals surface area contributed by atoms with Gasteiger partial charge in [-0.2, -0.15) is 0 Å². The summed E-state index contributed by atoms with van der Waals surface area (Å²) in [6.07, 6.45) is 10.3. The molecule has 0 amide bonds. The van der Waals surface area contributed by atoms with E-state index < -0.39 is 11.5 Å². The van der Waals surface area contributed by atoms with E-state index in [1.165, 1.54) is 35.2 Å². The van der Waals surface area contributed by atoms with E-state index in [4.69, 9.17) is 16.3 Å². The number of aromatic nitrogens is 1. The summed E-state index contributed by atoms with van der Waals surface area (Å²) in [5.41, 5.74) is 6.10. The number of rotatable bonds is 8. The van der Waals surface area contributed by atoms with Crippen LogP contribution in [0.3, 0.4) is 0 Å². The van der Waals surface area contributed by atoms with Crippen LogP contribution in [0.4, 0.5) is 5.69 Å². The lowest BCUT2D eigenvalue weighted by atomic mass is 9.59. The molecule has 6 heteroatoms. The van der Waals surface area contributed by atoms with Crippen molar-refractivity contribution in [1.29, 1.82) is 0 Å². The summed E-state index contributed by atoms with van der Waals surface area (Å²) in [5.74, 6) is 1.55. The standard InChI is InChI=1S/C36H43ClN2O3/c1-23(22-42-32-13-18-38-31-10-6-7-25(3)33(31)32)19-27-20-26-8-4-5-9-29(26)35(27)14-16-36(17-15-35,34(40)41)39-28-12-11-24(2)30(37)21-28/h4-5,8-9,11-13,18,21,23,25,27,39H,6-7,10,14-17,19-20,22H2,1-3H3,(H,40,41)/t23-,25-,27+,35?,36?/m1/s1. The highest BCUT2D eigenvalue weighted by Crippen LogP contribution is 2.56. The highest BCUT2D eigenvalue weighted by Gasteiger charge is 2.54. The number of nitrogens with zero attached hydrogens (tertiary/aromatic N) is 1. The number of aryl methyl sites for hydroxylation is 2. The number of carboxylic acid groups (broad SMARTS) is 1. The number of ether oxygens (including phenoxy) is 1. The topological polar surface area (TPSA) is 71.5 Å². The van der Waals surface area contributed by atoms with Gasteiger partial charge in [0.05, 0.1) is 6.61 Å². The van der Waals surface area contributed by atoms with E-state index in [2.05, 4.69) is 48.4 Å². The first-order valence-corrected chi connectivity index (χ1v) is 16.1. The maximum absolute atomic E-state index is 12.8. The highest BCUT2D eigenvalue weighted by atomic mass is 35.5. The molecule has 0 aliphatic heterocycles. The van der Waals surface area contributed by atoms with Gasteiger partial charge in [0.2, 0.25) is 0 Å². The van der Waals surface area contributed by atoms with Crippen LogP contribution >= 0.6 is 11.6 Å². The van der Waals surface area contributed by atoms with Gasteiger partial charge in [-0.3, -0.25) is 4.98 Å². The van der Waals surface area contributed by atoms with Gasteiger partial charge in [-0.05, 0) is 123 Å². The quantitative estimate of drug-likeness (QED) is 0.277. The van der Waals surface area contributed by atoms with Crippen LogP contribution in [0, 0.1) is 18.8 Å². The van der Waals surface area contributed by atoms with Crippen LogP contribution in [-0.4, -0.2) is 28.2 Å². The molecule has 0 unspecified atom stereocenters. The maximum Gasteiger partial charge on any atom is 0.329 e. The van der Waals surface area contributed by atoms with E-state index in [0.29, 0.717) is 42.2 Å². The molecule has 2 N–H and O–H groups in total. The van der Waals surface area contributed by atoms with Crippen molar-refractivity contribution in [3.8, 4) is 5.75 Å². The Morgan fingerprint density at radius 1 is 1.17 bits per heavy atom. The number of anilines is 1. The Bertz CT molecular complexity index is 1460. The number of hydrogen-bond donors (Lipinski definition) is 2. The molecule has 1 aromatic heterocycles. The molecule has 1 spiro atoms. The number of aliphatic carboxylic acids is 1. The molecule has 0 radical (unpaired) electrons. The molecular formula is C36H43ClN2O3. The van der Waals surface area contributed by atoms with Crippen LogP contribution in [-0.2, 0) is 23.1 Å². The lowest BCUT2D eigenvalue weighted by Crippen LogP contribution is -2.53. The third-order valence-corrected chi connectivity index (χ3v) is 11.0. The summed E-state index contributed by atoms with van der Waals surface area (Å²) in [6.45, 7) is 7.23. The summed E-state index contributed by atoms with van der Waals surface area (Å²) in [7, 11) is 0. The summed E-state index contributed by atoms with van der Waals surface area (Å²) in [5, 5.41) is 14.5. The second-order valence-electron chi connectivity index (χ2n) is 13.3. The van der Waals surface area contributed by atoms with Gasteiger partial charge in [0, 0.05) is 28.2 Å². The first-order chi connectivity index (χ1) is 20.2. The minimum Gasteiger partial charge on any atom is -0.493 e. The van der Waals surface area contributed by atoms with Crippen LogP contribution in [0.1, 0.15) is 92.7 Å². The minimum atomic E-state index is -1.00. The predicted molar refractivity (Wildman–Crippen MR) is 169 cm³/mol. The van der Waals surface area contributed by atoms with Crippen LogP contribution in [0.5, 0.6) is 5.75 Å². The second kappa shape index (κ2) is 11.6. The fourth-order valence-corrected chi connectivity index (χ4v) is 8.35. The zero-order chi connectivity index (χ0) is 29.5. The van der Waals surface area contributed by atoms with Crippen molar-refractivity contribution in [2.75, 3.05) is 11.9 Å². The number of benzene rings is 2. The van der Waals surface area contributed by atoms with E-state index in [9.17, 15) is 9.90 Å². The number of carboxylic acids is 1. The summed E-state index contributed by atoms with van der Waals surface area (Å²) >= 11 is 6.38. The third kappa shape index (κ3) is 5.30. The van der Waals surface area contributed by atoms with E-state index in [-0.39, 0.29) is 5.41 Å². The zero-order valence-corrected chi connectivity index (χ0v) is 25.8. The van der Waals surface area contributed by atoms with Gasteiger partial charge in [-0.15, -0.1) is 0 Å². The Balaban J connectivity index is 1.19. The van der Waals surface area contributed by atoms with Crippen molar-refractivity contribution >= 4 is 23.3 Å². The van der Waals surface area contributed by atoms with E-state index in [1.807, 2.05) is 37.4 Å². The van der Waals surface area contributed by atoms with Gasteiger partial charge >= 0.3 is 5.97 Å². The van der Waals surface area contributed by atoms with Crippen molar-refractivity contribution in [2.45, 2.75) is 95.4 Å². The number of hydrogen-bond acceptors (Lipinski definition) is 4. The van der Waals surface area contributed by atoms with Gasteiger partial charge in [-0.25, -0.2) is 4.79 Å². The Morgan fingerprint density at radius 3 is 2.71 bits per heavy atom. The Hall–Kier alpha value is -3.05. The van der Waals surface area contributed by atoms with Crippen LogP contribution in [0.2, 0.25) is 5.02 Å². The van der Waals surface area contributed by atoms with Gasteiger partial charge in [0.1, 0.15) is 11.3 Å². The van der Waals surface area contributed by atoms with Crippen LogP contribution < -0.4 is 10.1 Å². The fraction of sp³-hybridized carbons (Fsp3) is 0.500. The summed E-state index contributed by atoms with van der Waals surface area (Å²) < 4.78 is 6.51. The lowest BCUT2D eigenvalue weighted by molar-refractivity contribution is -0.144. The number of fused-ring (bicyclic) bond motifs is 3. The van der Waals surface area contributed by atoms with Gasteiger partial charge in [-0.1, -0.05) is 55.8 Å². The lowest BCUT2D eigenvalue weighted by Gasteiger charge is -2.47. The molecule has 222 valence electrons. The SMILES string of the molecule is Cc1ccc(NC2(C(=O)O)CCC3(CC2)c2ccccc2C[C@@H]3C[C@@H](C)COc2ccnc3c2[C@H](C)CCC3)cc1Cl. The monoisotopic (exact) mass is 586 g/mol. The van der Waals surface area contributed by atoms with E-state index in [0.717, 1.165) is 49.1 Å². The fourth-order valence-electron chi connectivity index (χ4n) is 8.17. The normalized spacial score (nSPS) is 27.2. The summed E-state index contributed by atoms with van der Waals surface area (Å²) in [6, 6.07) is 16.6. The Morgan fingerprint density at radius 2 is 1.95 bits per heavy atom.